The van der Waals surface area contributed by atoms with Crippen LogP contribution in [0.2, 0.25) is 0 Å². The lowest BCUT2D eigenvalue weighted by molar-refractivity contribution is -0.147. The molecule has 7 nitrogen and oxygen atoms in total. The minimum Gasteiger partial charge on any atom is -0.376 e. The number of hydrogen-bond acceptors (Lipinski definition) is 4. The number of rotatable bonds is 6. The SMILES string of the molecule is CN(C(=O)c1ccn(C)n1)[C@H](Cc1ccccc1)C1CCN(C(=O)[C@H]2CCOC(C)(C)C2)CC1. The smallest absolute Gasteiger partial charge is 0.274 e. The van der Waals surface area contributed by atoms with Gasteiger partial charge in [-0.2, -0.15) is 5.10 Å². The highest BCUT2D eigenvalue weighted by molar-refractivity contribution is 5.92. The van der Waals surface area contributed by atoms with Gasteiger partial charge in [0.05, 0.1) is 5.60 Å². The van der Waals surface area contributed by atoms with E-state index in [2.05, 4.69) is 31.1 Å². The van der Waals surface area contributed by atoms with E-state index in [-0.39, 0.29) is 29.4 Å². The molecule has 2 aliphatic heterocycles. The zero-order valence-electron chi connectivity index (χ0n) is 20.9. The lowest BCUT2D eigenvalue weighted by Crippen LogP contribution is -2.50. The molecule has 0 spiro atoms. The molecule has 7 heteroatoms. The molecule has 2 fully saturated rings. The topological polar surface area (TPSA) is 67.7 Å². The van der Waals surface area contributed by atoms with Crippen LogP contribution in [0.4, 0.5) is 0 Å². The molecule has 0 bridgehead atoms. The van der Waals surface area contributed by atoms with Gasteiger partial charge in [-0.25, -0.2) is 0 Å². The van der Waals surface area contributed by atoms with Crippen LogP contribution in [-0.2, 0) is 23.0 Å². The van der Waals surface area contributed by atoms with Gasteiger partial charge in [-0.05, 0) is 63.5 Å². The van der Waals surface area contributed by atoms with Gasteiger partial charge in [0.15, 0.2) is 0 Å². The Morgan fingerprint density at radius 3 is 2.47 bits per heavy atom. The van der Waals surface area contributed by atoms with Crippen LogP contribution in [0.3, 0.4) is 0 Å². The second-order valence-corrected chi connectivity index (χ2v) is 10.5. The molecular formula is C27H38N4O3. The molecule has 2 amide bonds. The van der Waals surface area contributed by atoms with E-state index >= 15 is 0 Å². The number of piperidine rings is 1. The summed E-state index contributed by atoms with van der Waals surface area (Å²) in [6.07, 6.45) is 5.98. The second kappa shape index (κ2) is 10.3. The minimum absolute atomic E-state index is 0.0498. The number of benzene rings is 1. The Hall–Kier alpha value is -2.67. The van der Waals surface area contributed by atoms with Gasteiger partial charge in [0.1, 0.15) is 5.69 Å². The number of hydrogen-bond donors (Lipinski definition) is 0. The first-order valence-corrected chi connectivity index (χ1v) is 12.5. The van der Waals surface area contributed by atoms with Crippen molar-refractivity contribution in [3.8, 4) is 0 Å². The highest BCUT2D eigenvalue weighted by Crippen LogP contribution is 2.32. The molecule has 3 heterocycles. The van der Waals surface area contributed by atoms with Crippen LogP contribution in [0.25, 0.3) is 0 Å². The number of carbonyl (C=O) groups excluding carboxylic acids is 2. The van der Waals surface area contributed by atoms with Crippen LogP contribution in [0, 0.1) is 11.8 Å². The van der Waals surface area contributed by atoms with Crippen molar-refractivity contribution in [3.05, 3.63) is 53.9 Å². The van der Waals surface area contributed by atoms with Crippen molar-refractivity contribution in [2.24, 2.45) is 18.9 Å². The molecule has 184 valence electrons. The van der Waals surface area contributed by atoms with Gasteiger partial charge >= 0.3 is 0 Å². The van der Waals surface area contributed by atoms with E-state index in [1.54, 1.807) is 16.9 Å². The molecule has 0 unspecified atom stereocenters. The third kappa shape index (κ3) is 5.69. The zero-order valence-corrected chi connectivity index (χ0v) is 20.9. The van der Waals surface area contributed by atoms with E-state index in [0.29, 0.717) is 18.2 Å². The fraction of sp³-hybridized carbons (Fsp3) is 0.593. The molecule has 34 heavy (non-hydrogen) atoms. The highest BCUT2D eigenvalue weighted by Gasteiger charge is 2.38. The lowest BCUT2D eigenvalue weighted by atomic mass is 9.83. The van der Waals surface area contributed by atoms with Crippen molar-refractivity contribution in [1.82, 2.24) is 19.6 Å². The number of amides is 2. The number of aromatic nitrogens is 2. The third-order valence-corrected chi connectivity index (χ3v) is 7.48. The van der Waals surface area contributed by atoms with Crippen LogP contribution in [-0.4, -0.2) is 69.8 Å². The Kier molecular flexibility index (Phi) is 7.41. The fourth-order valence-electron chi connectivity index (χ4n) is 5.54. The lowest BCUT2D eigenvalue weighted by Gasteiger charge is -2.42. The molecule has 0 aliphatic carbocycles. The fourth-order valence-corrected chi connectivity index (χ4v) is 5.54. The van der Waals surface area contributed by atoms with Crippen molar-refractivity contribution in [1.29, 1.82) is 0 Å². The predicted molar refractivity (Wildman–Crippen MR) is 131 cm³/mol. The number of aryl methyl sites for hydroxylation is 1. The van der Waals surface area contributed by atoms with E-state index in [0.717, 1.165) is 45.2 Å². The number of ether oxygens (including phenoxy) is 1. The number of carbonyl (C=O) groups is 2. The largest absolute Gasteiger partial charge is 0.376 e. The maximum absolute atomic E-state index is 13.2. The monoisotopic (exact) mass is 466 g/mol. The van der Waals surface area contributed by atoms with Gasteiger partial charge < -0.3 is 14.5 Å². The summed E-state index contributed by atoms with van der Waals surface area (Å²) in [4.78, 5) is 30.4. The Morgan fingerprint density at radius 2 is 1.85 bits per heavy atom. The first-order valence-electron chi connectivity index (χ1n) is 12.5. The Morgan fingerprint density at radius 1 is 1.15 bits per heavy atom. The second-order valence-electron chi connectivity index (χ2n) is 10.5. The maximum Gasteiger partial charge on any atom is 0.274 e. The molecule has 1 aromatic carbocycles. The normalized spacial score (nSPS) is 21.8. The van der Waals surface area contributed by atoms with Crippen molar-refractivity contribution in [2.75, 3.05) is 26.7 Å². The van der Waals surface area contributed by atoms with Crippen LogP contribution in [0.1, 0.15) is 55.6 Å². The van der Waals surface area contributed by atoms with Crippen LogP contribution in [0.15, 0.2) is 42.6 Å². The molecular weight excluding hydrogens is 428 g/mol. The molecule has 2 aromatic rings. The number of nitrogens with zero attached hydrogens (tertiary/aromatic N) is 4. The van der Waals surface area contributed by atoms with Gasteiger partial charge in [-0.1, -0.05) is 30.3 Å². The number of likely N-dealkylation sites (tertiary alicyclic amines) is 1. The van der Waals surface area contributed by atoms with Crippen LogP contribution in [0.5, 0.6) is 0 Å². The molecule has 0 saturated carbocycles. The molecule has 0 radical (unpaired) electrons. The average Bonchev–Trinajstić information content (AvgIpc) is 3.27. The number of likely N-dealkylation sites (N-methyl/N-ethyl adjacent to an activating group) is 1. The maximum atomic E-state index is 13.2. The Balaban J connectivity index is 1.44. The molecule has 2 aliphatic rings. The van der Waals surface area contributed by atoms with E-state index in [1.807, 2.05) is 42.1 Å². The summed E-state index contributed by atoms with van der Waals surface area (Å²) in [5, 5.41) is 4.33. The van der Waals surface area contributed by atoms with Gasteiger partial charge in [0.25, 0.3) is 5.91 Å². The molecule has 1 aromatic heterocycles. The molecule has 0 N–H and O–H groups in total. The first-order chi connectivity index (χ1) is 16.2. The highest BCUT2D eigenvalue weighted by atomic mass is 16.5. The van der Waals surface area contributed by atoms with Crippen LogP contribution < -0.4 is 0 Å². The predicted octanol–water partition coefficient (Wildman–Crippen LogP) is 3.55. The van der Waals surface area contributed by atoms with Gasteiger partial charge in [-0.3, -0.25) is 14.3 Å². The first kappa shape index (κ1) is 24.5. The zero-order chi connectivity index (χ0) is 24.3. The quantitative estimate of drug-likeness (QED) is 0.653. The van der Waals surface area contributed by atoms with E-state index in [9.17, 15) is 9.59 Å². The standard InChI is InChI=1S/C27H38N4O3/c1-27(2)19-22(13-17-34-27)25(32)31-15-10-21(11-16-31)24(18-20-8-6-5-7-9-20)30(4)26(33)23-12-14-29(3)28-23/h5-9,12,14,21-22,24H,10-11,13,15-19H2,1-4H3/t22-,24+/m0/s1. The summed E-state index contributed by atoms with van der Waals surface area (Å²) < 4.78 is 7.47. The molecule has 2 saturated heterocycles. The Labute approximate surface area is 203 Å². The van der Waals surface area contributed by atoms with E-state index < -0.39 is 0 Å². The van der Waals surface area contributed by atoms with E-state index in [4.69, 9.17) is 4.74 Å². The van der Waals surface area contributed by atoms with Crippen molar-refractivity contribution >= 4 is 11.8 Å². The summed E-state index contributed by atoms with van der Waals surface area (Å²) in [5.74, 6) is 0.596. The van der Waals surface area contributed by atoms with Gasteiger partial charge in [0.2, 0.25) is 5.91 Å². The van der Waals surface area contributed by atoms with Crippen molar-refractivity contribution in [2.45, 2.75) is 57.6 Å². The summed E-state index contributed by atoms with van der Waals surface area (Å²) in [6, 6.07) is 12.2. The van der Waals surface area contributed by atoms with Gasteiger partial charge in [-0.15, -0.1) is 0 Å². The Bertz CT molecular complexity index is 979. The third-order valence-electron chi connectivity index (χ3n) is 7.48. The summed E-state index contributed by atoms with van der Waals surface area (Å²) in [5.41, 5.74) is 1.46. The van der Waals surface area contributed by atoms with Crippen LogP contribution >= 0.6 is 0 Å². The van der Waals surface area contributed by atoms with Crippen molar-refractivity contribution < 1.29 is 14.3 Å². The summed E-state index contributed by atoms with van der Waals surface area (Å²) in [6.45, 7) is 6.29. The summed E-state index contributed by atoms with van der Waals surface area (Å²) >= 11 is 0. The van der Waals surface area contributed by atoms with Gasteiger partial charge in [0, 0.05) is 51.9 Å². The molecule has 4 rings (SSSR count). The summed E-state index contributed by atoms with van der Waals surface area (Å²) in [7, 11) is 3.72. The molecule has 2 atom stereocenters. The minimum atomic E-state index is -0.230. The average molecular weight is 467 g/mol. The van der Waals surface area contributed by atoms with E-state index in [1.165, 1.54) is 5.56 Å². The van der Waals surface area contributed by atoms with Crippen molar-refractivity contribution in [3.63, 3.8) is 0 Å².